The number of nitrogens with one attached hydrogen (secondary N) is 1. The Kier molecular flexibility index (Phi) is 4.42. The van der Waals surface area contributed by atoms with E-state index in [9.17, 15) is 9.59 Å². The maximum absolute atomic E-state index is 12.8. The molecule has 4 heteroatoms. The molecule has 2 fully saturated rings. The van der Waals surface area contributed by atoms with Gasteiger partial charge in [0.1, 0.15) is 5.54 Å². The van der Waals surface area contributed by atoms with E-state index in [0.717, 1.165) is 18.4 Å². The smallest absolute Gasteiger partial charge is 0.245 e. The summed E-state index contributed by atoms with van der Waals surface area (Å²) in [5.41, 5.74) is 1.55. The van der Waals surface area contributed by atoms with Gasteiger partial charge in [-0.05, 0) is 38.7 Å². The second kappa shape index (κ2) is 6.34. The summed E-state index contributed by atoms with van der Waals surface area (Å²) in [6, 6.07) is 8.46. The summed E-state index contributed by atoms with van der Waals surface area (Å²) in [6.45, 7) is 4.47. The highest BCUT2D eigenvalue weighted by atomic mass is 16.2. The van der Waals surface area contributed by atoms with Crippen molar-refractivity contribution in [1.29, 1.82) is 0 Å². The first-order chi connectivity index (χ1) is 11.0. The van der Waals surface area contributed by atoms with Gasteiger partial charge in [-0.25, -0.2) is 0 Å². The van der Waals surface area contributed by atoms with Crippen LogP contribution in [0.1, 0.15) is 56.6 Å². The zero-order valence-electron chi connectivity index (χ0n) is 14.1. The molecule has 124 valence electrons. The molecule has 0 spiro atoms. The molecule has 1 saturated heterocycles. The quantitative estimate of drug-likeness (QED) is 0.929. The van der Waals surface area contributed by atoms with Crippen LogP contribution in [0.3, 0.4) is 0 Å². The molecule has 0 aromatic heterocycles. The lowest BCUT2D eigenvalue weighted by atomic mass is 9.96. The summed E-state index contributed by atoms with van der Waals surface area (Å²) >= 11 is 0. The lowest BCUT2D eigenvalue weighted by molar-refractivity contribution is -0.141. The molecule has 1 aromatic rings. The summed E-state index contributed by atoms with van der Waals surface area (Å²) in [4.78, 5) is 26.9. The number of benzene rings is 1. The van der Waals surface area contributed by atoms with Crippen LogP contribution in [0.2, 0.25) is 0 Å². The van der Waals surface area contributed by atoms with Gasteiger partial charge in [0.15, 0.2) is 0 Å². The first-order valence-corrected chi connectivity index (χ1v) is 8.66. The monoisotopic (exact) mass is 314 g/mol. The first kappa shape index (κ1) is 16.0. The standard InChI is InChI=1S/C19H26N2O2/c1-14-7-9-15(10-8-14)13-21-17(22)11-12-19(21,2)18(23)20-16-5-3-4-6-16/h7-10,16H,3-6,11-13H2,1-2H3,(H,20,23). The number of hydrogen-bond donors (Lipinski definition) is 1. The number of aryl methyl sites for hydroxylation is 1. The Morgan fingerprint density at radius 2 is 1.91 bits per heavy atom. The van der Waals surface area contributed by atoms with Gasteiger partial charge in [-0.15, -0.1) is 0 Å². The summed E-state index contributed by atoms with van der Waals surface area (Å²) in [6.07, 6.45) is 5.57. The third-order valence-corrected chi connectivity index (χ3v) is 5.36. The fraction of sp³-hybridized carbons (Fsp3) is 0.579. The zero-order valence-corrected chi connectivity index (χ0v) is 14.1. The molecule has 1 unspecified atom stereocenters. The van der Waals surface area contributed by atoms with Crippen molar-refractivity contribution in [3.63, 3.8) is 0 Å². The summed E-state index contributed by atoms with van der Waals surface area (Å²) < 4.78 is 0. The molecular formula is C19H26N2O2. The molecule has 4 nitrogen and oxygen atoms in total. The van der Waals surface area contributed by atoms with E-state index in [1.54, 1.807) is 4.90 Å². The molecule has 1 aliphatic carbocycles. The van der Waals surface area contributed by atoms with Gasteiger partial charge in [-0.1, -0.05) is 42.7 Å². The molecule has 1 atom stereocenters. The molecule has 23 heavy (non-hydrogen) atoms. The van der Waals surface area contributed by atoms with Crippen molar-refractivity contribution >= 4 is 11.8 Å². The van der Waals surface area contributed by atoms with Crippen LogP contribution in [-0.2, 0) is 16.1 Å². The summed E-state index contributed by atoms with van der Waals surface area (Å²) in [7, 11) is 0. The van der Waals surface area contributed by atoms with E-state index in [4.69, 9.17) is 0 Å². The van der Waals surface area contributed by atoms with Crippen LogP contribution >= 0.6 is 0 Å². The number of amides is 2. The molecule has 1 aromatic carbocycles. The molecule has 1 aliphatic heterocycles. The third kappa shape index (κ3) is 3.26. The van der Waals surface area contributed by atoms with Crippen molar-refractivity contribution in [2.75, 3.05) is 0 Å². The minimum Gasteiger partial charge on any atom is -0.351 e. The number of rotatable bonds is 4. The molecule has 3 rings (SSSR count). The van der Waals surface area contributed by atoms with E-state index < -0.39 is 5.54 Å². The van der Waals surface area contributed by atoms with Crippen LogP contribution in [0, 0.1) is 6.92 Å². The zero-order chi connectivity index (χ0) is 16.4. The topological polar surface area (TPSA) is 49.4 Å². The van der Waals surface area contributed by atoms with Crippen LogP contribution in [0.25, 0.3) is 0 Å². The molecule has 2 aliphatic rings. The van der Waals surface area contributed by atoms with E-state index in [1.165, 1.54) is 18.4 Å². The molecule has 1 saturated carbocycles. The Hall–Kier alpha value is -1.84. The molecule has 0 bridgehead atoms. The van der Waals surface area contributed by atoms with Gasteiger partial charge in [0.25, 0.3) is 0 Å². The average molecular weight is 314 g/mol. The highest BCUT2D eigenvalue weighted by Gasteiger charge is 2.47. The second-order valence-electron chi connectivity index (χ2n) is 7.19. The van der Waals surface area contributed by atoms with Crippen LogP contribution in [0.5, 0.6) is 0 Å². The van der Waals surface area contributed by atoms with E-state index in [1.807, 2.05) is 38.1 Å². The molecule has 1 N–H and O–H groups in total. The van der Waals surface area contributed by atoms with Crippen molar-refractivity contribution in [3.8, 4) is 0 Å². The summed E-state index contributed by atoms with van der Waals surface area (Å²) in [5, 5.41) is 3.17. The number of carbonyl (C=O) groups is 2. The first-order valence-electron chi connectivity index (χ1n) is 8.66. The van der Waals surface area contributed by atoms with Crippen molar-refractivity contribution in [2.24, 2.45) is 0 Å². The number of hydrogen-bond acceptors (Lipinski definition) is 2. The Morgan fingerprint density at radius 1 is 1.26 bits per heavy atom. The van der Waals surface area contributed by atoms with E-state index in [-0.39, 0.29) is 17.9 Å². The van der Waals surface area contributed by atoms with Gasteiger partial charge in [0.2, 0.25) is 11.8 Å². The van der Waals surface area contributed by atoms with Crippen LogP contribution < -0.4 is 5.32 Å². The maximum atomic E-state index is 12.8. The number of carbonyl (C=O) groups excluding carboxylic acids is 2. The second-order valence-corrected chi connectivity index (χ2v) is 7.19. The maximum Gasteiger partial charge on any atom is 0.245 e. The summed E-state index contributed by atoms with van der Waals surface area (Å²) in [5.74, 6) is 0.0945. The Labute approximate surface area is 138 Å². The predicted molar refractivity (Wildman–Crippen MR) is 89.8 cm³/mol. The van der Waals surface area contributed by atoms with Gasteiger partial charge >= 0.3 is 0 Å². The predicted octanol–water partition coefficient (Wildman–Crippen LogP) is 2.93. The van der Waals surface area contributed by atoms with Gasteiger partial charge in [0, 0.05) is 19.0 Å². The SMILES string of the molecule is Cc1ccc(CN2C(=O)CCC2(C)C(=O)NC2CCCC2)cc1. The van der Waals surface area contributed by atoms with Gasteiger partial charge in [-0.2, -0.15) is 0 Å². The van der Waals surface area contributed by atoms with Crippen LogP contribution in [0.15, 0.2) is 24.3 Å². The molecule has 0 radical (unpaired) electrons. The van der Waals surface area contributed by atoms with E-state index in [2.05, 4.69) is 5.32 Å². The highest BCUT2D eigenvalue weighted by molar-refractivity contribution is 5.94. The molecular weight excluding hydrogens is 288 g/mol. The van der Waals surface area contributed by atoms with Gasteiger partial charge in [-0.3, -0.25) is 9.59 Å². The van der Waals surface area contributed by atoms with Crippen molar-refractivity contribution in [1.82, 2.24) is 10.2 Å². The Bertz CT molecular complexity index is 590. The number of nitrogens with zero attached hydrogens (tertiary/aromatic N) is 1. The fourth-order valence-electron chi connectivity index (χ4n) is 3.68. The third-order valence-electron chi connectivity index (χ3n) is 5.36. The number of likely N-dealkylation sites (tertiary alicyclic amines) is 1. The highest BCUT2D eigenvalue weighted by Crippen LogP contribution is 2.32. The normalized spacial score (nSPS) is 25.1. The van der Waals surface area contributed by atoms with E-state index in [0.29, 0.717) is 19.4 Å². The van der Waals surface area contributed by atoms with Gasteiger partial charge in [0.05, 0.1) is 0 Å². The molecule has 1 heterocycles. The van der Waals surface area contributed by atoms with Crippen molar-refractivity contribution in [2.45, 2.75) is 70.5 Å². The van der Waals surface area contributed by atoms with Crippen molar-refractivity contribution in [3.05, 3.63) is 35.4 Å². The van der Waals surface area contributed by atoms with Crippen molar-refractivity contribution < 1.29 is 9.59 Å². The molecule has 2 amide bonds. The Balaban J connectivity index is 1.74. The van der Waals surface area contributed by atoms with E-state index >= 15 is 0 Å². The lowest BCUT2D eigenvalue weighted by Crippen LogP contribution is -2.55. The van der Waals surface area contributed by atoms with Crippen LogP contribution in [0.4, 0.5) is 0 Å². The van der Waals surface area contributed by atoms with Crippen LogP contribution in [-0.4, -0.2) is 28.3 Å². The van der Waals surface area contributed by atoms with Gasteiger partial charge < -0.3 is 10.2 Å². The minimum absolute atomic E-state index is 0.0161. The lowest BCUT2D eigenvalue weighted by Gasteiger charge is -2.35. The largest absolute Gasteiger partial charge is 0.351 e. The Morgan fingerprint density at radius 3 is 2.57 bits per heavy atom. The average Bonchev–Trinajstić information content (AvgIpc) is 3.13. The fourth-order valence-corrected chi connectivity index (χ4v) is 3.68. The minimum atomic E-state index is -0.718.